The Morgan fingerprint density at radius 3 is 2.86 bits per heavy atom. The second kappa shape index (κ2) is 5.53. The standard InChI is InChI=1S/C17H22N2O2/c1-12-6-8-17(21,9-7-12)11-19-16(20)14-10-18-15-5-3-2-4-13(14)15/h2-5,10,12,18,21H,6-9,11H2,1H3,(H,19,20). The molecule has 3 rings (SSSR count). The van der Waals surface area contributed by atoms with E-state index in [0.29, 0.717) is 18.0 Å². The van der Waals surface area contributed by atoms with Gasteiger partial charge in [-0.25, -0.2) is 0 Å². The van der Waals surface area contributed by atoms with Gasteiger partial charge in [0, 0.05) is 23.6 Å². The van der Waals surface area contributed by atoms with Crippen molar-refractivity contribution in [3.8, 4) is 0 Å². The minimum Gasteiger partial charge on any atom is -0.388 e. The van der Waals surface area contributed by atoms with Gasteiger partial charge in [-0.05, 0) is 37.7 Å². The Kier molecular flexibility index (Phi) is 3.72. The largest absolute Gasteiger partial charge is 0.388 e. The van der Waals surface area contributed by atoms with Crippen molar-refractivity contribution in [2.75, 3.05) is 6.54 Å². The van der Waals surface area contributed by atoms with Gasteiger partial charge < -0.3 is 15.4 Å². The van der Waals surface area contributed by atoms with Crippen LogP contribution in [0.25, 0.3) is 10.9 Å². The summed E-state index contributed by atoms with van der Waals surface area (Å²) in [6.45, 7) is 2.54. The van der Waals surface area contributed by atoms with Crippen LogP contribution in [-0.2, 0) is 0 Å². The van der Waals surface area contributed by atoms with Crippen LogP contribution >= 0.6 is 0 Å². The van der Waals surface area contributed by atoms with Crippen molar-refractivity contribution in [3.05, 3.63) is 36.0 Å². The van der Waals surface area contributed by atoms with Gasteiger partial charge in [-0.2, -0.15) is 0 Å². The summed E-state index contributed by atoms with van der Waals surface area (Å²) in [7, 11) is 0. The number of aromatic amines is 1. The van der Waals surface area contributed by atoms with E-state index in [1.165, 1.54) is 0 Å². The maximum atomic E-state index is 12.3. The van der Waals surface area contributed by atoms with Crippen LogP contribution in [0.2, 0.25) is 0 Å². The number of nitrogens with one attached hydrogen (secondary N) is 2. The first-order valence-corrected chi connectivity index (χ1v) is 7.64. The summed E-state index contributed by atoms with van der Waals surface area (Å²) in [5, 5.41) is 14.3. The van der Waals surface area contributed by atoms with E-state index in [0.717, 1.165) is 36.6 Å². The highest BCUT2D eigenvalue weighted by atomic mass is 16.3. The summed E-state index contributed by atoms with van der Waals surface area (Å²) >= 11 is 0. The van der Waals surface area contributed by atoms with E-state index in [4.69, 9.17) is 0 Å². The van der Waals surface area contributed by atoms with Crippen LogP contribution < -0.4 is 5.32 Å². The molecule has 1 heterocycles. The van der Waals surface area contributed by atoms with Crippen molar-refractivity contribution < 1.29 is 9.90 Å². The van der Waals surface area contributed by atoms with E-state index in [1.807, 2.05) is 24.3 Å². The Labute approximate surface area is 124 Å². The molecule has 0 aliphatic heterocycles. The Balaban J connectivity index is 1.67. The summed E-state index contributed by atoms with van der Waals surface area (Å²) < 4.78 is 0. The average Bonchev–Trinajstić information content (AvgIpc) is 2.92. The van der Waals surface area contributed by atoms with Gasteiger partial charge in [-0.3, -0.25) is 4.79 Å². The quantitative estimate of drug-likeness (QED) is 0.812. The molecule has 1 fully saturated rings. The molecule has 0 atom stereocenters. The van der Waals surface area contributed by atoms with Gasteiger partial charge in [0.25, 0.3) is 5.91 Å². The van der Waals surface area contributed by atoms with Crippen molar-refractivity contribution in [1.29, 1.82) is 0 Å². The number of aliphatic hydroxyl groups is 1. The van der Waals surface area contributed by atoms with Crippen LogP contribution in [0.1, 0.15) is 43.0 Å². The zero-order chi connectivity index (χ0) is 14.9. The Morgan fingerprint density at radius 2 is 2.10 bits per heavy atom. The number of H-pyrrole nitrogens is 1. The fourth-order valence-electron chi connectivity index (χ4n) is 3.08. The highest BCUT2D eigenvalue weighted by Crippen LogP contribution is 2.31. The van der Waals surface area contributed by atoms with Gasteiger partial charge in [0.2, 0.25) is 0 Å². The number of benzene rings is 1. The van der Waals surface area contributed by atoms with Crippen molar-refractivity contribution in [1.82, 2.24) is 10.3 Å². The zero-order valence-electron chi connectivity index (χ0n) is 12.4. The number of carbonyl (C=O) groups is 1. The van der Waals surface area contributed by atoms with Gasteiger partial charge in [-0.15, -0.1) is 0 Å². The van der Waals surface area contributed by atoms with E-state index < -0.39 is 5.60 Å². The first-order chi connectivity index (χ1) is 10.1. The molecule has 0 spiro atoms. The van der Waals surface area contributed by atoms with Gasteiger partial charge in [-0.1, -0.05) is 25.1 Å². The highest BCUT2D eigenvalue weighted by molar-refractivity contribution is 6.06. The lowest BCUT2D eigenvalue weighted by molar-refractivity contribution is -0.00538. The third-order valence-electron chi connectivity index (χ3n) is 4.62. The van der Waals surface area contributed by atoms with E-state index >= 15 is 0 Å². The number of hydrogen-bond acceptors (Lipinski definition) is 2. The third kappa shape index (κ3) is 2.95. The molecule has 1 aromatic carbocycles. The number of para-hydroxylation sites is 1. The Bertz CT molecular complexity index is 639. The molecule has 1 aliphatic carbocycles. The summed E-state index contributed by atoms with van der Waals surface area (Å²) in [5.41, 5.74) is 0.847. The monoisotopic (exact) mass is 286 g/mol. The van der Waals surface area contributed by atoms with Crippen molar-refractivity contribution in [2.24, 2.45) is 5.92 Å². The number of rotatable bonds is 3. The van der Waals surface area contributed by atoms with Crippen LogP contribution in [0.4, 0.5) is 0 Å². The van der Waals surface area contributed by atoms with Crippen LogP contribution in [0.15, 0.2) is 30.5 Å². The smallest absolute Gasteiger partial charge is 0.253 e. The van der Waals surface area contributed by atoms with Crippen LogP contribution in [0.5, 0.6) is 0 Å². The number of amides is 1. The van der Waals surface area contributed by atoms with Gasteiger partial charge in [0.1, 0.15) is 0 Å². The molecule has 2 aromatic rings. The lowest BCUT2D eigenvalue weighted by Gasteiger charge is -2.34. The van der Waals surface area contributed by atoms with E-state index in [2.05, 4.69) is 17.2 Å². The fraction of sp³-hybridized carbons (Fsp3) is 0.471. The van der Waals surface area contributed by atoms with E-state index in [-0.39, 0.29) is 5.91 Å². The molecule has 0 radical (unpaired) electrons. The zero-order valence-corrected chi connectivity index (χ0v) is 12.4. The summed E-state index contributed by atoms with van der Waals surface area (Å²) in [5.74, 6) is 0.550. The van der Waals surface area contributed by atoms with Crippen molar-refractivity contribution >= 4 is 16.8 Å². The topological polar surface area (TPSA) is 65.1 Å². The Hall–Kier alpha value is -1.81. The number of fused-ring (bicyclic) bond motifs is 1. The first kappa shape index (κ1) is 14.1. The highest BCUT2D eigenvalue weighted by Gasteiger charge is 2.32. The molecule has 1 amide bonds. The molecule has 0 unspecified atom stereocenters. The molecular weight excluding hydrogens is 264 g/mol. The SMILES string of the molecule is CC1CCC(O)(CNC(=O)c2c[nH]c3ccccc23)CC1. The van der Waals surface area contributed by atoms with E-state index in [9.17, 15) is 9.90 Å². The molecule has 112 valence electrons. The molecule has 0 saturated heterocycles. The third-order valence-corrected chi connectivity index (χ3v) is 4.62. The number of carbonyl (C=O) groups excluding carboxylic acids is 1. The fourth-order valence-corrected chi connectivity index (χ4v) is 3.08. The second-order valence-electron chi connectivity index (χ2n) is 6.34. The molecule has 21 heavy (non-hydrogen) atoms. The van der Waals surface area contributed by atoms with Crippen molar-refractivity contribution in [3.63, 3.8) is 0 Å². The summed E-state index contributed by atoms with van der Waals surface area (Å²) in [6.07, 6.45) is 5.32. The van der Waals surface area contributed by atoms with E-state index in [1.54, 1.807) is 6.20 Å². The Morgan fingerprint density at radius 1 is 1.38 bits per heavy atom. The molecule has 3 N–H and O–H groups in total. The molecule has 1 aliphatic rings. The first-order valence-electron chi connectivity index (χ1n) is 7.64. The number of aromatic nitrogens is 1. The van der Waals surface area contributed by atoms with Gasteiger partial charge >= 0.3 is 0 Å². The maximum absolute atomic E-state index is 12.3. The number of hydrogen-bond donors (Lipinski definition) is 3. The predicted molar refractivity (Wildman–Crippen MR) is 83.2 cm³/mol. The maximum Gasteiger partial charge on any atom is 0.253 e. The molecular formula is C17H22N2O2. The lowest BCUT2D eigenvalue weighted by atomic mass is 9.79. The van der Waals surface area contributed by atoms with Crippen molar-refractivity contribution in [2.45, 2.75) is 38.2 Å². The molecule has 1 saturated carbocycles. The normalized spacial score (nSPS) is 25.9. The van der Waals surface area contributed by atoms with Crippen LogP contribution in [0, 0.1) is 5.92 Å². The molecule has 0 bridgehead atoms. The minimum absolute atomic E-state index is 0.125. The van der Waals surface area contributed by atoms with Crippen LogP contribution in [-0.4, -0.2) is 28.1 Å². The summed E-state index contributed by atoms with van der Waals surface area (Å²) in [4.78, 5) is 15.4. The molecule has 4 nitrogen and oxygen atoms in total. The predicted octanol–water partition coefficient (Wildman–Crippen LogP) is 2.84. The van der Waals surface area contributed by atoms with Gasteiger partial charge in [0.05, 0.1) is 11.2 Å². The molecule has 4 heteroatoms. The lowest BCUT2D eigenvalue weighted by Crippen LogP contribution is -2.45. The second-order valence-corrected chi connectivity index (χ2v) is 6.34. The minimum atomic E-state index is -0.742. The van der Waals surface area contributed by atoms with Gasteiger partial charge in [0.15, 0.2) is 0 Å². The summed E-state index contributed by atoms with van der Waals surface area (Å²) in [6, 6.07) is 7.73. The van der Waals surface area contributed by atoms with Crippen LogP contribution in [0.3, 0.4) is 0 Å². The average molecular weight is 286 g/mol. The molecule has 1 aromatic heterocycles.